The molecule has 0 aliphatic carbocycles. The Bertz CT molecular complexity index is 885. The van der Waals surface area contributed by atoms with Crippen molar-refractivity contribution in [2.75, 3.05) is 47.4 Å². The lowest BCUT2D eigenvalue weighted by atomic mass is 10.1. The molecule has 0 fully saturated rings. The summed E-state index contributed by atoms with van der Waals surface area (Å²) in [5.74, 6) is -0.609. The van der Waals surface area contributed by atoms with E-state index in [4.69, 9.17) is 9.05 Å². The van der Waals surface area contributed by atoms with Gasteiger partial charge in [0.15, 0.2) is 0 Å². The van der Waals surface area contributed by atoms with Crippen LogP contribution in [0.25, 0.3) is 0 Å². The predicted molar refractivity (Wildman–Crippen MR) is 198 cm³/mol. The van der Waals surface area contributed by atoms with E-state index >= 15 is 0 Å². The number of carbonyl (C=O) groups is 3. The monoisotopic (exact) mass is 719 g/mol. The quantitative estimate of drug-likeness (QED) is 0.0348. The second-order valence-corrected chi connectivity index (χ2v) is 16.1. The SMILES string of the molecule is CCCCCCCCCCCCCC(=O)NC(=O)NCC(COP(=O)([O-])OCC[N+](C)(C)C)NC(=O)CCCCCCCCCCCCC. The number of nitrogens with zero attached hydrogens (tertiary/aromatic N) is 1. The van der Waals surface area contributed by atoms with Gasteiger partial charge in [0.25, 0.3) is 7.82 Å². The average molecular weight is 719 g/mol. The number of hydrogen-bond donors (Lipinski definition) is 3. The highest BCUT2D eigenvalue weighted by molar-refractivity contribution is 7.45. The molecular formula is C37H75N4O7P. The number of phosphoric acid groups is 1. The lowest BCUT2D eigenvalue weighted by Gasteiger charge is -2.28. The first kappa shape index (κ1) is 47.5. The van der Waals surface area contributed by atoms with Gasteiger partial charge in [-0.05, 0) is 12.8 Å². The molecule has 4 amide bonds. The maximum Gasteiger partial charge on any atom is 0.321 e. The van der Waals surface area contributed by atoms with Crippen molar-refractivity contribution in [2.24, 2.45) is 0 Å². The molecule has 0 saturated heterocycles. The number of phosphoric ester groups is 1. The number of likely N-dealkylation sites (N-methyl/N-ethyl adjacent to an activating group) is 1. The Kier molecular flexibility index (Phi) is 30.3. The van der Waals surface area contributed by atoms with Gasteiger partial charge in [0.1, 0.15) is 13.2 Å². The summed E-state index contributed by atoms with van der Waals surface area (Å²) in [7, 11) is 1.13. The Morgan fingerprint density at radius 2 is 1.04 bits per heavy atom. The Balaban J connectivity index is 4.52. The van der Waals surface area contributed by atoms with Gasteiger partial charge in [0.05, 0.1) is 33.8 Å². The molecule has 0 aliphatic heterocycles. The molecule has 0 rings (SSSR count). The van der Waals surface area contributed by atoms with E-state index in [0.29, 0.717) is 23.9 Å². The van der Waals surface area contributed by atoms with E-state index in [9.17, 15) is 23.8 Å². The van der Waals surface area contributed by atoms with E-state index in [2.05, 4.69) is 29.8 Å². The average Bonchev–Trinajstić information content (AvgIpc) is 3.03. The zero-order valence-electron chi connectivity index (χ0n) is 32.1. The van der Waals surface area contributed by atoms with Crippen LogP contribution in [0, 0.1) is 0 Å². The summed E-state index contributed by atoms with van der Waals surface area (Å²) in [5, 5.41) is 7.68. The summed E-state index contributed by atoms with van der Waals surface area (Å²) in [6.45, 7) is 4.36. The third-order valence-corrected chi connectivity index (χ3v) is 9.55. The summed E-state index contributed by atoms with van der Waals surface area (Å²) in [5.41, 5.74) is 0. The molecule has 0 spiro atoms. The number of imide groups is 1. The first-order valence-electron chi connectivity index (χ1n) is 19.7. The fraction of sp³-hybridized carbons (Fsp3) is 0.919. The summed E-state index contributed by atoms with van der Waals surface area (Å²) in [6, 6.07) is -1.51. The van der Waals surface area contributed by atoms with E-state index in [1.807, 2.05) is 21.1 Å². The van der Waals surface area contributed by atoms with Gasteiger partial charge in [-0.1, -0.05) is 142 Å². The molecule has 0 aromatic rings. The maximum atomic E-state index is 12.7. The molecule has 0 aromatic carbocycles. The molecule has 12 heteroatoms. The molecule has 0 saturated carbocycles. The maximum absolute atomic E-state index is 12.7. The van der Waals surface area contributed by atoms with E-state index in [-0.39, 0.29) is 31.4 Å². The summed E-state index contributed by atoms with van der Waals surface area (Å²) < 4.78 is 22.9. The third-order valence-electron chi connectivity index (χ3n) is 8.59. The third kappa shape index (κ3) is 34.7. The predicted octanol–water partition coefficient (Wildman–Crippen LogP) is 7.91. The number of amides is 4. The molecule has 0 bridgehead atoms. The molecule has 3 N–H and O–H groups in total. The standard InChI is InChI=1S/C37H75N4O7P/c1-6-8-10-12-14-16-18-20-22-24-26-28-35(42)39-34(33-48-49(45,46)47-31-30-41(3,4)5)32-38-37(44)40-36(43)29-27-25-23-21-19-17-15-13-11-9-7-2/h34H,6-33H2,1-5H3,(H3-,38,39,40,42,43,44,45,46). The summed E-state index contributed by atoms with van der Waals surface area (Å²) >= 11 is 0. The fourth-order valence-electron chi connectivity index (χ4n) is 5.45. The molecule has 0 aliphatic rings. The van der Waals surface area contributed by atoms with Gasteiger partial charge in [-0.2, -0.15) is 0 Å². The van der Waals surface area contributed by atoms with E-state index in [0.717, 1.165) is 38.5 Å². The number of unbranched alkanes of at least 4 members (excludes halogenated alkanes) is 20. The lowest BCUT2D eigenvalue weighted by Crippen LogP contribution is -2.49. The minimum absolute atomic E-state index is 0.0396. The van der Waals surface area contributed by atoms with Crippen LogP contribution in [-0.4, -0.2) is 75.8 Å². The molecule has 2 unspecified atom stereocenters. The van der Waals surface area contributed by atoms with E-state index in [1.54, 1.807) is 0 Å². The topological polar surface area (TPSA) is 146 Å². The highest BCUT2D eigenvalue weighted by Crippen LogP contribution is 2.38. The van der Waals surface area contributed by atoms with Gasteiger partial charge in [0, 0.05) is 19.4 Å². The van der Waals surface area contributed by atoms with Crippen molar-refractivity contribution in [1.29, 1.82) is 0 Å². The molecular weight excluding hydrogens is 643 g/mol. The van der Waals surface area contributed by atoms with Crippen molar-refractivity contribution in [3.05, 3.63) is 0 Å². The van der Waals surface area contributed by atoms with Crippen molar-refractivity contribution in [3.8, 4) is 0 Å². The molecule has 0 radical (unpaired) electrons. The number of hydrogen-bond acceptors (Lipinski definition) is 7. The van der Waals surface area contributed by atoms with Crippen LogP contribution in [0.5, 0.6) is 0 Å². The van der Waals surface area contributed by atoms with Crippen LogP contribution in [0.4, 0.5) is 4.79 Å². The van der Waals surface area contributed by atoms with Crippen molar-refractivity contribution in [3.63, 3.8) is 0 Å². The number of urea groups is 1. The molecule has 290 valence electrons. The van der Waals surface area contributed by atoms with Crippen LogP contribution >= 0.6 is 7.82 Å². The Labute approximate surface area is 300 Å². The second kappa shape index (κ2) is 31.2. The van der Waals surface area contributed by atoms with Gasteiger partial charge < -0.3 is 29.1 Å². The Morgan fingerprint density at radius 1 is 0.633 bits per heavy atom. The van der Waals surface area contributed by atoms with Crippen LogP contribution in [0.2, 0.25) is 0 Å². The summed E-state index contributed by atoms with van der Waals surface area (Å²) in [6.07, 6.45) is 26.4. The van der Waals surface area contributed by atoms with Crippen molar-refractivity contribution < 1.29 is 37.4 Å². The van der Waals surface area contributed by atoms with Crippen molar-refractivity contribution in [2.45, 2.75) is 174 Å². The van der Waals surface area contributed by atoms with Crippen molar-refractivity contribution >= 4 is 25.7 Å². The normalized spacial score (nSPS) is 13.5. The van der Waals surface area contributed by atoms with Crippen LogP contribution < -0.4 is 20.8 Å². The second-order valence-electron chi connectivity index (χ2n) is 14.7. The zero-order valence-corrected chi connectivity index (χ0v) is 33.0. The zero-order chi connectivity index (χ0) is 36.6. The highest BCUT2D eigenvalue weighted by Gasteiger charge is 2.20. The molecule has 2 atom stereocenters. The number of rotatable bonds is 34. The van der Waals surface area contributed by atoms with Gasteiger partial charge in [-0.15, -0.1) is 0 Å². The minimum atomic E-state index is -4.62. The minimum Gasteiger partial charge on any atom is -0.756 e. The number of nitrogens with one attached hydrogen (secondary N) is 3. The Hall–Kier alpha value is -1.52. The fourth-order valence-corrected chi connectivity index (χ4v) is 6.19. The molecule has 0 heterocycles. The van der Waals surface area contributed by atoms with Crippen LogP contribution in [0.15, 0.2) is 0 Å². The van der Waals surface area contributed by atoms with Crippen LogP contribution in [0.3, 0.4) is 0 Å². The molecule has 49 heavy (non-hydrogen) atoms. The first-order valence-corrected chi connectivity index (χ1v) is 21.1. The van der Waals surface area contributed by atoms with Crippen LogP contribution in [-0.2, 0) is 23.2 Å². The highest BCUT2D eigenvalue weighted by atomic mass is 31.2. The van der Waals surface area contributed by atoms with Crippen molar-refractivity contribution in [1.82, 2.24) is 16.0 Å². The van der Waals surface area contributed by atoms with Crippen LogP contribution in [0.1, 0.15) is 168 Å². The van der Waals surface area contributed by atoms with Gasteiger partial charge >= 0.3 is 6.03 Å². The first-order chi connectivity index (χ1) is 23.4. The van der Waals surface area contributed by atoms with Gasteiger partial charge in [-0.25, -0.2) is 4.79 Å². The number of carbonyl (C=O) groups excluding carboxylic acids is 3. The lowest BCUT2D eigenvalue weighted by molar-refractivity contribution is -0.870. The Morgan fingerprint density at radius 3 is 1.47 bits per heavy atom. The summed E-state index contributed by atoms with van der Waals surface area (Å²) in [4.78, 5) is 49.7. The largest absolute Gasteiger partial charge is 0.756 e. The number of quaternary nitrogens is 1. The van der Waals surface area contributed by atoms with E-state index < -0.39 is 26.5 Å². The van der Waals surface area contributed by atoms with E-state index in [1.165, 1.54) is 96.3 Å². The van der Waals surface area contributed by atoms with Gasteiger partial charge in [-0.3, -0.25) is 19.5 Å². The molecule has 0 aromatic heterocycles. The van der Waals surface area contributed by atoms with Gasteiger partial charge in [0.2, 0.25) is 11.8 Å². The smallest absolute Gasteiger partial charge is 0.321 e. The molecule has 11 nitrogen and oxygen atoms in total.